The highest BCUT2D eigenvalue weighted by Gasteiger charge is 2.37. The Morgan fingerprint density at radius 1 is 1.43 bits per heavy atom. The van der Waals surface area contributed by atoms with Gasteiger partial charge in [0.1, 0.15) is 11.1 Å². The Morgan fingerprint density at radius 3 is 2.81 bits per heavy atom. The van der Waals surface area contributed by atoms with E-state index in [2.05, 4.69) is 4.98 Å². The Hall–Kier alpha value is -2.24. The van der Waals surface area contributed by atoms with Crippen LogP contribution in [0.5, 0.6) is 0 Å². The highest BCUT2D eigenvalue weighted by Crippen LogP contribution is 2.29. The number of oxazole rings is 1. The van der Waals surface area contributed by atoms with E-state index in [1.54, 1.807) is 18.2 Å². The predicted molar refractivity (Wildman–Crippen MR) is 80.0 cm³/mol. The molecule has 1 aliphatic heterocycles. The van der Waals surface area contributed by atoms with E-state index in [1.165, 1.54) is 0 Å². The van der Waals surface area contributed by atoms with Gasteiger partial charge in [0.2, 0.25) is 0 Å². The van der Waals surface area contributed by atoms with Gasteiger partial charge in [-0.05, 0) is 39.0 Å². The summed E-state index contributed by atoms with van der Waals surface area (Å²) in [6, 6.07) is 5.87. The summed E-state index contributed by atoms with van der Waals surface area (Å²) in [5.74, 6) is -0.289. The molecule has 0 radical (unpaired) electrons. The fraction of sp³-hybridized carbons (Fsp3) is 0.467. The van der Waals surface area contributed by atoms with Crippen LogP contribution in [0.15, 0.2) is 22.6 Å². The molecule has 1 saturated heterocycles. The molecule has 21 heavy (non-hydrogen) atoms. The van der Waals surface area contributed by atoms with E-state index in [4.69, 9.17) is 14.9 Å². The van der Waals surface area contributed by atoms with Crippen LogP contribution in [0.3, 0.4) is 0 Å². The summed E-state index contributed by atoms with van der Waals surface area (Å²) >= 11 is 0. The number of nitrogens with two attached hydrogens (primary N) is 1. The number of carbonyl (C=O) groups is 1. The van der Waals surface area contributed by atoms with Crippen LogP contribution in [0.1, 0.15) is 20.8 Å². The molecule has 0 bridgehead atoms. The molecule has 1 aromatic carbocycles. The Bertz CT molecular complexity index is 681. The molecule has 0 aliphatic carbocycles. The molecule has 1 aromatic heterocycles. The van der Waals surface area contributed by atoms with Gasteiger partial charge in [-0.15, -0.1) is 0 Å². The molecule has 3 rings (SSSR count). The van der Waals surface area contributed by atoms with Crippen LogP contribution in [0, 0.1) is 5.92 Å². The van der Waals surface area contributed by atoms with Gasteiger partial charge in [0.15, 0.2) is 5.58 Å². The van der Waals surface area contributed by atoms with Gasteiger partial charge in [-0.3, -0.25) is 4.79 Å². The lowest BCUT2D eigenvalue weighted by Gasteiger charge is -2.37. The molecular formula is C15H19N3O3. The fourth-order valence-electron chi connectivity index (χ4n) is 2.24. The molecule has 0 atom stereocenters. The molecule has 0 amide bonds. The van der Waals surface area contributed by atoms with Crippen LogP contribution < -0.4 is 10.6 Å². The summed E-state index contributed by atoms with van der Waals surface area (Å²) in [7, 11) is 0. The molecule has 6 heteroatoms. The van der Waals surface area contributed by atoms with Crippen molar-refractivity contribution in [3.8, 4) is 0 Å². The van der Waals surface area contributed by atoms with Crippen LogP contribution in [-0.2, 0) is 9.53 Å². The van der Waals surface area contributed by atoms with Gasteiger partial charge in [0, 0.05) is 18.8 Å². The highest BCUT2D eigenvalue weighted by atomic mass is 16.6. The van der Waals surface area contributed by atoms with Crippen molar-refractivity contribution in [2.24, 2.45) is 5.92 Å². The standard InChI is InChI=1S/C15H19N3O3/c1-15(2,3)21-13(19)9-7-18(8-9)14-17-11-6-10(16)4-5-12(11)20-14/h4-6,9H,7-8,16H2,1-3H3. The maximum absolute atomic E-state index is 11.9. The largest absolute Gasteiger partial charge is 0.460 e. The van der Waals surface area contributed by atoms with Crippen molar-refractivity contribution < 1.29 is 13.9 Å². The fourth-order valence-corrected chi connectivity index (χ4v) is 2.24. The second-order valence-corrected chi connectivity index (χ2v) is 6.36. The minimum Gasteiger partial charge on any atom is -0.460 e. The number of anilines is 2. The van der Waals surface area contributed by atoms with Crippen LogP contribution in [0.4, 0.5) is 11.7 Å². The van der Waals surface area contributed by atoms with E-state index in [1.807, 2.05) is 25.7 Å². The number of hydrogen-bond acceptors (Lipinski definition) is 6. The summed E-state index contributed by atoms with van der Waals surface area (Å²) < 4.78 is 11.0. The maximum Gasteiger partial charge on any atom is 0.313 e. The van der Waals surface area contributed by atoms with Crippen molar-refractivity contribution in [1.82, 2.24) is 4.98 Å². The topological polar surface area (TPSA) is 81.6 Å². The second-order valence-electron chi connectivity index (χ2n) is 6.36. The first-order chi connectivity index (χ1) is 9.82. The number of nitrogens with zero attached hydrogens (tertiary/aromatic N) is 2. The average Bonchev–Trinajstić information content (AvgIpc) is 2.66. The van der Waals surface area contributed by atoms with Gasteiger partial charge in [-0.25, -0.2) is 0 Å². The second kappa shape index (κ2) is 4.65. The van der Waals surface area contributed by atoms with Crippen molar-refractivity contribution in [1.29, 1.82) is 0 Å². The zero-order valence-electron chi connectivity index (χ0n) is 12.4. The van der Waals surface area contributed by atoms with E-state index in [9.17, 15) is 4.79 Å². The monoisotopic (exact) mass is 289 g/mol. The van der Waals surface area contributed by atoms with Crippen LogP contribution in [-0.4, -0.2) is 29.6 Å². The zero-order valence-corrected chi connectivity index (χ0v) is 12.4. The Kier molecular flexibility index (Phi) is 3.04. The van der Waals surface area contributed by atoms with Gasteiger partial charge >= 0.3 is 5.97 Å². The number of benzene rings is 1. The van der Waals surface area contributed by atoms with E-state index in [0.29, 0.717) is 30.4 Å². The highest BCUT2D eigenvalue weighted by molar-refractivity contribution is 5.80. The van der Waals surface area contributed by atoms with Crippen molar-refractivity contribution in [3.05, 3.63) is 18.2 Å². The maximum atomic E-state index is 11.9. The van der Waals surface area contributed by atoms with Gasteiger partial charge in [-0.2, -0.15) is 4.98 Å². The first-order valence-electron chi connectivity index (χ1n) is 6.96. The molecule has 0 spiro atoms. The van der Waals surface area contributed by atoms with Crippen molar-refractivity contribution in [3.63, 3.8) is 0 Å². The van der Waals surface area contributed by atoms with Gasteiger partial charge in [-0.1, -0.05) is 0 Å². The molecule has 1 aliphatic rings. The van der Waals surface area contributed by atoms with Crippen molar-refractivity contribution in [2.45, 2.75) is 26.4 Å². The Labute approximate surface area is 122 Å². The Balaban J connectivity index is 1.66. The van der Waals surface area contributed by atoms with Crippen LogP contribution >= 0.6 is 0 Å². The van der Waals surface area contributed by atoms with E-state index >= 15 is 0 Å². The quantitative estimate of drug-likeness (QED) is 0.674. The number of aromatic nitrogens is 1. The van der Waals surface area contributed by atoms with Crippen LogP contribution in [0.2, 0.25) is 0 Å². The predicted octanol–water partition coefficient (Wildman–Crippen LogP) is 2.19. The SMILES string of the molecule is CC(C)(C)OC(=O)C1CN(c2nc3cc(N)ccc3o2)C1. The third-order valence-corrected chi connectivity index (χ3v) is 3.29. The molecule has 2 heterocycles. The Morgan fingerprint density at radius 2 is 2.14 bits per heavy atom. The van der Waals surface area contributed by atoms with Gasteiger partial charge in [0.05, 0.1) is 5.92 Å². The minimum atomic E-state index is -0.452. The van der Waals surface area contributed by atoms with E-state index in [0.717, 1.165) is 5.52 Å². The van der Waals surface area contributed by atoms with Crippen molar-refractivity contribution >= 4 is 28.8 Å². The summed E-state index contributed by atoms with van der Waals surface area (Å²) in [5, 5.41) is 0. The van der Waals surface area contributed by atoms with Crippen LogP contribution in [0.25, 0.3) is 11.1 Å². The first kappa shape index (κ1) is 13.7. The lowest BCUT2D eigenvalue weighted by molar-refractivity contribution is -0.160. The number of ether oxygens (including phenoxy) is 1. The summed E-state index contributed by atoms with van der Waals surface area (Å²) in [6.07, 6.45) is 0. The number of fused-ring (bicyclic) bond motifs is 1. The van der Waals surface area contributed by atoms with Gasteiger partial charge < -0.3 is 19.8 Å². The summed E-state index contributed by atoms with van der Waals surface area (Å²) in [5.41, 5.74) is 7.34. The smallest absolute Gasteiger partial charge is 0.313 e. The number of rotatable bonds is 2. The normalized spacial score (nSPS) is 16.0. The first-order valence-corrected chi connectivity index (χ1v) is 6.96. The molecule has 6 nitrogen and oxygen atoms in total. The van der Waals surface area contributed by atoms with Crippen molar-refractivity contribution in [2.75, 3.05) is 23.7 Å². The molecule has 0 unspecified atom stereocenters. The number of nitrogen functional groups attached to an aromatic ring is 1. The lowest BCUT2D eigenvalue weighted by atomic mass is 10.0. The van der Waals surface area contributed by atoms with Gasteiger partial charge in [0.25, 0.3) is 6.01 Å². The minimum absolute atomic E-state index is 0.121. The molecule has 2 N–H and O–H groups in total. The molecule has 0 saturated carbocycles. The van der Waals surface area contributed by atoms with E-state index in [-0.39, 0.29) is 11.9 Å². The third-order valence-electron chi connectivity index (χ3n) is 3.29. The molecule has 112 valence electrons. The molecule has 2 aromatic rings. The number of hydrogen-bond donors (Lipinski definition) is 1. The summed E-state index contributed by atoms with van der Waals surface area (Å²) in [6.45, 7) is 6.74. The average molecular weight is 289 g/mol. The van der Waals surface area contributed by atoms with E-state index < -0.39 is 5.60 Å². The molecule has 1 fully saturated rings. The molecular weight excluding hydrogens is 270 g/mol. The number of carbonyl (C=O) groups excluding carboxylic acids is 1. The third kappa shape index (κ3) is 2.79. The summed E-state index contributed by atoms with van der Waals surface area (Å²) in [4.78, 5) is 18.2. The number of esters is 1. The zero-order chi connectivity index (χ0) is 15.2. The lowest BCUT2D eigenvalue weighted by Crippen LogP contribution is -2.52.